The molecule has 1 saturated carbocycles. The summed E-state index contributed by atoms with van der Waals surface area (Å²) >= 11 is 3.58. The third-order valence-corrected chi connectivity index (χ3v) is 3.36. The molecule has 1 N–H and O–H groups in total. The van der Waals surface area contributed by atoms with Gasteiger partial charge in [0.2, 0.25) is 0 Å². The molecule has 0 amide bonds. The molecule has 0 saturated heterocycles. The monoisotopic (exact) mass is 284 g/mol. The number of hydrogen-bond acceptors (Lipinski definition) is 4. The second-order valence-corrected chi connectivity index (χ2v) is 5.24. The number of nitrogens with one attached hydrogen (secondary N) is 1. The summed E-state index contributed by atoms with van der Waals surface area (Å²) in [4.78, 5) is 11.2. The molecule has 1 aliphatic carbocycles. The lowest BCUT2D eigenvalue weighted by atomic mass is 10.2. The van der Waals surface area contributed by atoms with Crippen LogP contribution < -0.4 is 5.32 Å². The van der Waals surface area contributed by atoms with Gasteiger partial charge in [-0.05, 0) is 42.9 Å². The van der Waals surface area contributed by atoms with Crippen LogP contribution in [0.25, 0.3) is 0 Å². The maximum Gasteiger partial charge on any atom is 0.145 e. The Bertz CT molecular complexity index is 388. The molecule has 0 aromatic carbocycles. The predicted molar refractivity (Wildman–Crippen MR) is 68.6 cm³/mol. The zero-order chi connectivity index (χ0) is 11.7. The first-order valence-electron chi connectivity index (χ1n) is 5.50. The Morgan fingerprint density at radius 3 is 2.56 bits per heavy atom. The molecule has 5 heteroatoms. The van der Waals surface area contributed by atoms with Crippen molar-refractivity contribution in [3.8, 4) is 0 Å². The van der Waals surface area contributed by atoms with Gasteiger partial charge in [0.05, 0.1) is 16.7 Å². The smallest absolute Gasteiger partial charge is 0.145 e. The van der Waals surface area contributed by atoms with Gasteiger partial charge in [0.25, 0.3) is 0 Å². The number of halogens is 1. The van der Waals surface area contributed by atoms with Crippen molar-refractivity contribution in [3.63, 3.8) is 0 Å². The molecule has 2 rings (SSSR count). The standard InChI is InChI=1S/C11H17BrN4/c1-13-11-9(12)10(7-4-5-7)14-8(15-11)6-16(2)3/h7H,4-6H2,1-3H3,(H,13,14,15). The summed E-state index contributed by atoms with van der Waals surface area (Å²) in [5.41, 5.74) is 1.16. The van der Waals surface area contributed by atoms with Crippen LogP contribution in [0.5, 0.6) is 0 Å². The number of anilines is 1. The van der Waals surface area contributed by atoms with Gasteiger partial charge >= 0.3 is 0 Å². The SMILES string of the molecule is CNc1nc(CN(C)C)nc(C2CC2)c1Br. The molecule has 0 radical (unpaired) electrons. The van der Waals surface area contributed by atoms with Crippen molar-refractivity contribution >= 4 is 21.7 Å². The van der Waals surface area contributed by atoms with Crippen LogP contribution in [0.3, 0.4) is 0 Å². The van der Waals surface area contributed by atoms with Crippen LogP contribution in [0, 0.1) is 0 Å². The highest BCUT2D eigenvalue weighted by Crippen LogP contribution is 2.43. The van der Waals surface area contributed by atoms with Gasteiger partial charge in [0.15, 0.2) is 0 Å². The van der Waals surface area contributed by atoms with Gasteiger partial charge in [-0.3, -0.25) is 0 Å². The van der Waals surface area contributed by atoms with E-state index in [4.69, 9.17) is 0 Å². The second kappa shape index (κ2) is 4.67. The maximum atomic E-state index is 4.64. The first-order chi connectivity index (χ1) is 7.61. The van der Waals surface area contributed by atoms with Crippen molar-refractivity contribution in [2.24, 2.45) is 0 Å². The van der Waals surface area contributed by atoms with E-state index in [-0.39, 0.29) is 0 Å². The topological polar surface area (TPSA) is 41.1 Å². The van der Waals surface area contributed by atoms with E-state index in [1.165, 1.54) is 12.8 Å². The summed E-state index contributed by atoms with van der Waals surface area (Å²) in [7, 11) is 5.95. The van der Waals surface area contributed by atoms with Crippen LogP contribution in [-0.2, 0) is 6.54 Å². The van der Waals surface area contributed by atoms with Crippen LogP contribution in [0.1, 0.15) is 30.3 Å². The molecule has 0 atom stereocenters. The molecule has 1 aliphatic rings. The van der Waals surface area contributed by atoms with Crippen LogP contribution in [0.15, 0.2) is 4.47 Å². The number of aromatic nitrogens is 2. The summed E-state index contributed by atoms with van der Waals surface area (Å²) in [6, 6.07) is 0. The molecule has 16 heavy (non-hydrogen) atoms. The first-order valence-corrected chi connectivity index (χ1v) is 6.30. The Hall–Kier alpha value is -0.680. The number of rotatable bonds is 4. The van der Waals surface area contributed by atoms with E-state index >= 15 is 0 Å². The maximum absolute atomic E-state index is 4.64. The van der Waals surface area contributed by atoms with Crippen LogP contribution >= 0.6 is 15.9 Å². The van der Waals surface area contributed by atoms with Crippen LogP contribution in [0.2, 0.25) is 0 Å². The van der Waals surface area contributed by atoms with E-state index in [2.05, 4.69) is 36.1 Å². The lowest BCUT2D eigenvalue weighted by molar-refractivity contribution is 0.389. The molecule has 0 bridgehead atoms. The minimum Gasteiger partial charge on any atom is -0.372 e. The van der Waals surface area contributed by atoms with Crippen molar-refractivity contribution in [3.05, 3.63) is 16.0 Å². The van der Waals surface area contributed by atoms with Crippen molar-refractivity contribution in [1.82, 2.24) is 14.9 Å². The normalized spacial score (nSPS) is 15.6. The Morgan fingerprint density at radius 2 is 2.06 bits per heavy atom. The Morgan fingerprint density at radius 1 is 1.38 bits per heavy atom. The Kier molecular flexibility index (Phi) is 3.44. The van der Waals surface area contributed by atoms with Crippen molar-refractivity contribution < 1.29 is 0 Å². The number of hydrogen-bond donors (Lipinski definition) is 1. The van der Waals surface area contributed by atoms with Crippen molar-refractivity contribution in [2.75, 3.05) is 26.5 Å². The minimum absolute atomic E-state index is 0.630. The molecule has 1 aromatic heterocycles. The van der Waals surface area contributed by atoms with Gasteiger partial charge in [-0.1, -0.05) is 0 Å². The molecule has 88 valence electrons. The van der Waals surface area contributed by atoms with E-state index in [1.807, 2.05) is 21.1 Å². The van der Waals surface area contributed by atoms with Gasteiger partial charge < -0.3 is 10.2 Å². The minimum atomic E-state index is 0.630. The molecule has 4 nitrogen and oxygen atoms in total. The summed E-state index contributed by atoms with van der Waals surface area (Å²) < 4.78 is 1.03. The third kappa shape index (κ3) is 2.52. The average molecular weight is 285 g/mol. The Labute approximate surface area is 105 Å². The van der Waals surface area contributed by atoms with Crippen molar-refractivity contribution in [2.45, 2.75) is 25.3 Å². The fourth-order valence-corrected chi connectivity index (χ4v) is 2.36. The highest BCUT2D eigenvalue weighted by Gasteiger charge is 2.29. The van der Waals surface area contributed by atoms with Gasteiger partial charge in [-0.15, -0.1) is 0 Å². The summed E-state index contributed by atoms with van der Waals surface area (Å²) in [5, 5.41) is 3.12. The molecule has 1 fully saturated rings. The number of nitrogens with zero attached hydrogens (tertiary/aromatic N) is 3. The van der Waals surface area contributed by atoms with Crippen molar-refractivity contribution in [1.29, 1.82) is 0 Å². The molecule has 0 aliphatic heterocycles. The van der Waals surface area contributed by atoms with Crippen LogP contribution in [-0.4, -0.2) is 36.0 Å². The summed E-state index contributed by atoms with van der Waals surface area (Å²) in [5.74, 6) is 2.42. The second-order valence-electron chi connectivity index (χ2n) is 4.45. The van der Waals surface area contributed by atoms with E-state index in [9.17, 15) is 0 Å². The van der Waals surface area contributed by atoms with E-state index in [1.54, 1.807) is 0 Å². The fourth-order valence-electron chi connectivity index (χ4n) is 1.66. The quantitative estimate of drug-likeness (QED) is 0.921. The average Bonchev–Trinajstić information content (AvgIpc) is 3.03. The highest BCUT2D eigenvalue weighted by molar-refractivity contribution is 9.10. The predicted octanol–water partition coefficient (Wildman–Crippen LogP) is 2.22. The van der Waals surface area contributed by atoms with E-state index < -0.39 is 0 Å². The molecule has 0 unspecified atom stereocenters. The summed E-state index contributed by atoms with van der Waals surface area (Å²) in [6.45, 7) is 0.779. The molecule has 0 spiro atoms. The molecular weight excluding hydrogens is 268 g/mol. The third-order valence-electron chi connectivity index (χ3n) is 2.58. The highest BCUT2D eigenvalue weighted by atomic mass is 79.9. The van der Waals surface area contributed by atoms with Crippen LogP contribution in [0.4, 0.5) is 5.82 Å². The van der Waals surface area contributed by atoms with E-state index in [0.717, 1.165) is 28.4 Å². The molecular formula is C11H17BrN4. The van der Waals surface area contributed by atoms with Gasteiger partial charge in [-0.25, -0.2) is 9.97 Å². The van der Waals surface area contributed by atoms with E-state index in [0.29, 0.717) is 5.92 Å². The first kappa shape index (κ1) is 11.8. The lowest BCUT2D eigenvalue weighted by Crippen LogP contribution is -2.15. The fraction of sp³-hybridized carbons (Fsp3) is 0.636. The molecule has 1 aromatic rings. The summed E-state index contributed by atoms with van der Waals surface area (Å²) in [6.07, 6.45) is 2.50. The van der Waals surface area contributed by atoms with Gasteiger partial charge in [0, 0.05) is 13.0 Å². The van der Waals surface area contributed by atoms with Gasteiger partial charge in [0.1, 0.15) is 11.6 Å². The largest absolute Gasteiger partial charge is 0.372 e. The lowest BCUT2D eigenvalue weighted by Gasteiger charge is -2.13. The molecule has 1 heterocycles. The zero-order valence-corrected chi connectivity index (χ0v) is 11.5. The zero-order valence-electron chi connectivity index (χ0n) is 9.92. The Balaban J connectivity index is 2.35. The van der Waals surface area contributed by atoms with Gasteiger partial charge in [-0.2, -0.15) is 0 Å².